The number of carbonyl (C=O) groups is 1. The van der Waals surface area contributed by atoms with Crippen LogP contribution in [0.15, 0.2) is 48.7 Å². The number of aromatic nitrogens is 1. The zero-order chi connectivity index (χ0) is 18.1. The molecule has 7 heteroatoms. The highest BCUT2D eigenvalue weighted by molar-refractivity contribution is 6.62. The Morgan fingerprint density at radius 2 is 1.60 bits per heavy atom. The number of nitrogens with one attached hydrogen (secondary N) is 2. The fourth-order valence-electron chi connectivity index (χ4n) is 2.42. The van der Waals surface area contributed by atoms with Crippen LogP contribution in [0.25, 0.3) is 0 Å². The molecule has 2 aromatic rings. The molecule has 2 N–H and O–H groups in total. The number of nitrogens with zero attached hydrogens (tertiary/aromatic N) is 1. The number of hydrogen-bond donors (Lipinski definition) is 2. The zero-order valence-corrected chi connectivity index (χ0v) is 14.9. The molecule has 0 unspecified atom stereocenters. The van der Waals surface area contributed by atoms with Crippen molar-refractivity contribution in [3.63, 3.8) is 0 Å². The van der Waals surface area contributed by atoms with Crippen molar-refractivity contribution in [3.8, 4) is 0 Å². The summed E-state index contributed by atoms with van der Waals surface area (Å²) in [6.07, 6.45) is 1.62. The first kappa shape index (κ1) is 17.4. The molecule has 25 heavy (non-hydrogen) atoms. The van der Waals surface area contributed by atoms with Crippen molar-refractivity contribution in [3.05, 3.63) is 48.7 Å². The summed E-state index contributed by atoms with van der Waals surface area (Å²) in [5, 5.41) is 5.44. The summed E-state index contributed by atoms with van der Waals surface area (Å²) in [5.74, 6) is 0.494. The van der Waals surface area contributed by atoms with E-state index in [2.05, 4.69) is 15.6 Å². The fraction of sp³-hybridized carbons (Fsp3) is 0.333. The van der Waals surface area contributed by atoms with E-state index in [1.54, 1.807) is 18.3 Å². The van der Waals surface area contributed by atoms with Crippen LogP contribution in [-0.2, 0) is 9.31 Å². The lowest BCUT2D eigenvalue weighted by Crippen LogP contribution is -2.41. The highest BCUT2D eigenvalue weighted by atomic mass is 16.7. The van der Waals surface area contributed by atoms with Crippen molar-refractivity contribution < 1.29 is 14.1 Å². The fourth-order valence-corrected chi connectivity index (χ4v) is 2.42. The number of benzene rings is 1. The van der Waals surface area contributed by atoms with Crippen LogP contribution in [0.5, 0.6) is 0 Å². The summed E-state index contributed by atoms with van der Waals surface area (Å²) >= 11 is 0. The summed E-state index contributed by atoms with van der Waals surface area (Å²) in [6, 6.07) is 12.4. The Hall–Kier alpha value is -2.38. The van der Waals surface area contributed by atoms with Crippen molar-refractivity contribution in [1.29, 1.82) is 0 Å². The van der Waals surface area contributed by atoms with E-state index in [0.29, 0.717) is 11.5 Å². The van der Waals surface area contributed by atoms with E-state index in [-0.39, 0.29) is 17.2 Å². The third-order valence-corrected chi connectivity index (χ3v) is 4.60. The van der Waals surface area contributed by atoms with Gasteiger partial charge < -0.3 is 14.6 Å². The second-order valence-corrected chi connectivity index (χ2v) is 7.00. The van der Waals surface area contributed by atoms with E-state index in [1.165, 1.54) is 0 Å². The Labute approximate surface area is 148 Å². The van der Waals surface area contributed by atoms with Crippen LogP contribution in [0.4, 0.5) is 16.3 Å². The monoisotopic (exact) mass is 339 g/mol. The second kappa shape index (κ2) is 6.50. The molecule has 0 aliphatic carbocycles. The van der Waals surface area contributed by atoms with Crippen molar-refractivity contribution in [2.45, 2.75) is 38.9 Å². The van der Waals surface area contributed by atoms with Gasteiger partial charge in [-0.25, -0.2) is 9.78 Å². The summed E-state index contributed by atoms with van der Waals surface area (Å²) < 4.78 is 12.0. The summed E-state index contributed by atoms with van der Waals surface area (Å²) in [4.78, 5) is 16.0. The molecular weight excluding hydrogens is 317 g/mol. The van der Waals surface area contributed by atoms with Gasteiger partial charge in [-0.15, -0.1) is 0 Å². The third-order valence-electron chi connectivity index (χ3n) is 4.60. The molecule has 1 aromatic carbocycles. The molecule has 1 aromatic heterocycles. The van der Waals surface area contributed by atoms with Crippen molar-refractivity contribution in [1.82, 2.24) is 4.98 Å². The quantitative estimate of drug-likeness (QED) is 0.843. The maximum atomic E-state index is 12.0. The largest absolute Gasteiger partial charge is 0.494 e. The number of amides is 2. The van der Waals surface area contributed by atoms with Crippen molar-refractivity contribution >= 4 is 30.1 Å². The van der Waals surface area contributed by atoms with Gasteiger partial charge in [-0.1, -0.05) is 18.2 Å². The highest BCUT2D eigenvalue weighted by Crippen LogP contribution is 2.36. The lowest BCUT2D eigenvalue weighted by atomic mass is 9.79. The van der Waals surface area contributed by atoms with Crippen LogP contribution in [0.2, 0.25) is 0 Å². The van der Waals surface area contributed by atoms with Gasteiger partial charge in [0.05, 0.1) is 11.2 Å². The predicted octanol–water partition coefficient (Wildman–Crippen LogP) is 3.02. The van der Waals surface area contributed by atoms with Gasteiger partial charge in [0, 0.05) is 11.9 Å². The maximum absolute atomic E-state index is 12.0. The normalized spacial score (nSPS) is 18.0. The molecule has 0 saturated carbocycles. The molecule has 130 valence electrons. The lowest BCUT2D eigenvalue weighted by molar-refractivity contribution is 0.00578. The number of pyridine rings is 1. The van der Waals surface area contributed by atoms with Crippen LogP contribution in [0.1, 0.15) is 27.7 Å². The third kappa shape index (κ3) is 3.83. The molecular formula is C18H22BN3O3. The summed E-state index contributed by atoms with van der Waals surface area (Å²) in [6.45, 7) is 8.07. The molecule has 0 radical (unpaired) electrons. The van der Waals surface area contributed by atoms with Crippen LogP contribution >= 0.6 is 0 Å². The van der Waals surface area contributed by atoms with Gasteiger partial charge in [-0.3, -0.25) is 5.32 Å². The number of hydrogen-bond acceptors (Lipinski definition) is 4. The van der Waals surface area contributed by atoms with Gasteiger partial charge in [0.1, 0.15) is 5.82 Å². The van der Waals surface area contributed by atoms with Gasteiger partial charge >= 0.3 is 13.1 Å². The number of urea groups is 1. The van der Waals surface area contributed by atoms with E-state index < -0.39 is 7.12 Å². The van der Waals surface area contributed by atoms with Crippen molar-refractivity contribution in [2.75, 3.05) is 10.6 Å². The Balaban J connectivity index is 1.62. The predicted molar refractivity (Wildman–Crippen MR) is 99.0 cm³/mol. The van der Waals surface area contributed by atoms with Gasteiger partial charge in [0.25, 0.3) is 0 Å². The molecule has 0 spiro atoms. The smallest absolute Gasteiger partial charge is 0.399 e. The minimum absolute atomic E-state index is 0.345. The molecule has 3 rings (SSSR count). The SMILES string of the molecule is CC1(C)OB(c2ccc(NC(=O)Nc3ccccn3)cc2)OC1(C)C. The molecule has 0 atom stereocenters. The van der Waals surface area contributed by atoms with Crippen LogP contribution in [0, 0.1) is 0 Å². The Bertz CT molecular complexity index is 732. The van der Waals surface area contributed by atoms with E-state index in [0.717, 1.165) is 5.46 Å². The first-order valence-corrected chi connectivity index (χ1v) is 8.21. The molecule has 1 aliphatic rings. The molecule has 2 heterocycles. The maximum Gasteiger partial charge on any atom is 0.494 e. The molecule has 1 aliphatic heterocycles. The van der Waals surface area contributed by atoms with E-state index >= 15 is 0 Å². The molecule has 1 fully saturated rings. The van der Waals surface area contributed by atoms with E-state index in [4.69, 9.17) is 9.31 Å². The van der Waals surface area contributed by atoms with Gasteiger partial charge in [-0.2, -0.15) is 0 Å². The van der Waals surface area contributed by atoms with E-state index in [9.17, 15) is 4.79 Å². The van der Waals surface area contributed by atoms with Crippen LogP contribution in [-0.4, -0.2) is 29.3 Å². The Morgan fingerprint density at radius 3 is 2.16 bits per heavy atom. The second-order valence-electron chi connectivity index (χ2n) is 7.00. The van der Waals surface area contributed by atoms with Gasteiger partial charge in [0.15, 0.2) is 0 Å². The standard InChI is InChI=1S/C18H22BN3O3/c1-17(2)18(3,4)25-19(24-17)13-8-10-14(11-9-13)21-16(23)22-15-7-5-6-12-20-15/h5-12H,1-4H3,(H2,20,21,22,23). The molecule has 1 saturated heterocycles. The molecule has 0 bridgehead atoms. The van der Waals surface area contributed by atoms with Gasteiger partial charge in [-0.05, 0) is 57.4 Å². The van der Waals surface area contributed by atoms with Crippen LogP contribution < -0.4 is 16.1 Å². The highest BCUT2D eigenvalue weighted by Gasteiger charge is 2.51. The molecule has 6 nitrogen and oxygen atoms in total. The Kier molecular flexibility index (Phi) is 4.54. The average molecular weight is 339 g/mol. The minimum Gasteiger partial charge on any atom is -0.399 e. The first-order valence-electron chi connectivity index (χ1n) is 8.21. The zero-order valence-electron chi connectivity index (χ0n) is 14.9. The molecule has 2 amide bonds. The van der Waals surface area contributed by atoms with E-state index in [1.807, 2.05) is 58.0 Å². The average Bonchev–Trinajstić information content (AvgIpc) is 2.77. The van der Waals surface area contributed by atoms with Crippen molar-refractivity contribution in [2.24, 2.45) is 0 Å². The topological polar surface area (TPSA) is 72.5 Å². The van der Waals surface area contributed by atoms with Crippen LogP contribution in [0.3, 0.4) is 0 Å². The number of anilines is 2. The van der Waals surface area contributed by atoms with Gasteiger partial charge in [0.2, 0.25) is 0 Å². The summed E-state index contributed by atoms with van der Waals surface area (Å²) in [7, 11) is -0.415. The summed E-state index contributed by atoms with van der Waals surface area (Å²) in [5.41, 5.74) is 0.831. The minimum atomic E-state index is -0.415. The number of carbonyl (C=O) groups excluding carboxylic acids is 1. The number of rotatable bonds is 3. The first-order chi connectivity index (χ1) is 11.8. The lowest BCUT2D eigenvalue weighted by Gasteiger charge is -2.32. The Morgan fingerprint density at radius 1 is 0.960 bits per heavy atom.